The average Bonchev–Trinajstić information content (AvgIpc) is 2.48. The van der Waals surface area contributed by atoms with Crippen LogP contribution >= 0.6 is 0 Å². The van der Waals surface area contributed by atoms with E-state index in [2.05, 4.69) is 5.32 Å². The third-order valence-corrected chi connectivity index (χ3v) is 2.74. The maximum absolute atomic E-state index is 11.7. The summed E-state index contributed by atoms with van der Waals surface area (Å²) in [7, 11) is 0. The highest BCUT2D eigenvalue weighted by atomic mass is 16.6. The molecule has 108 valence electrons. The Balaban J connectivity index is 1.99. The molecule has 2 aromatic carbocycles. The summed E-state index contributed by atoms with van der Waals surface area (Å²) in [5, 5.41) is 13.3. The number of carbonyl (C=O) groups excluding carboxylic acids is 1. The van der Waals surface area contributed by atoms with Gasteiger partial charge in [-0.2, -0.15) is 0 Å². The number of benzene rings is 2. The van der Waals surface area contributed by atoms with Crippen LogP contribution in [0.2, 0.25) is 0 Å². The third-order valence-electron chi connectivity index (χ3n) is 2.74. The van der Waals surface area contributed by atoms with Crippen molar-refractivity contribution in [3.8, 4) is 0 Å². The molecule has 0 saturated carbocycles. The van der Waals surface area contributed by atoms with Gasteiger partial charge >= 0.3 is 6.09 Å². The van der Waals surface area contributed by atoms with E-state index in [4.69, 9.17) is 10.5 Å². The molecule has 21 heavy (non-hydrogen) atoms. The molecule has 0 aliphatic heterocycles. The second-order valence-electron chi connectivity index (χ2n) is 4.17. The van der Waals surface area contributed by atoms with E-state index in [1.807, 2.05) is 0 Å². The summed E-state index contributed by atoms with van der Waals surface area (Å²) >= 11 is 0. The summed E-state index contributed by atoms with van der Waals surface area (Å²) in [6, 6.07) is 12.8. The molecule has 1 amide bonds. The number of hydrogen-bond acceptors (Lipinski definition) is 5. The smallest absolute Gasteiger partial charge is 0.412 e. The van der Waals surface area contributed by atoms with Crippen LogP contribution in [-0.4, -0.2) is 11.0 Å². The minimum Gasteiger partial charge on any atom is -0.444 e. The van der Waals surface area contributed by atoms with Gasteiger partial charge in [0.1, 0.15) is 6.61 Å². The molecular formula is C14H13N3O4. The maximum Gasteiger partial charge on any atom is 0.412 e. The molecule has 0 radical (unpaired) electrons. The van der Waals surface area contributed by atoms with Gasteiger partial charge in [0.25, 0.3) is 5.69 Å². The molecule has 2 aromatic rings. The molecule has 2 rings (SSSR count). The topological polar surface area (TPSA) is 107 Å². The molecule has 3 N–H and O–H groups in total. The number of carbonyl (C=O) groups is 1. The van der Waals surface area contributed by atoms with Crippen LogP contribution in [0.3, 0.4) is 0 Å². The van der Waals surface area contributed by atoms with Crippen molar-refractivity contribution in [2.75, 3.05) is 11.1 Å². The summed E-state index contributed by atoms with van der Waals surface area (Å²) in [6.07, 6.45) is -0.731. The molecule has 0 atom stereocenters. The van der Waals surface area contributed by atoms with Gasteiger partial charge in [-0.05, 0) is 18.2 Å². The molecule has 7 nitrogen and oxygen atoms in total. The van der Waals surface area contributed by atoms with Crippen molar-refractivity contribution in [2.24, 2.45) is 0 Å². The molecule has 0 bridgehead atoms. The molecule has 0 saturated heterocycles. The van der Waals surface area contributed by atoms with Gasteiger partial charge in [-0.3, -0.25) is 15.4 Å². The number of ether oxygens (including phenoxy) is 1. The Kier molecular flexibility index (Phi) is 4.35. The highest BCUT2D eigenvalue weighted by Gasteiger charge is 2.14. The van der Waals surface area contributed by atoms with Gasteiger partial charge < -0.3 is 10.5 Å². The van der Waals surface area contributed by atoms with Crippen LogP contribution in [0.4, 0.5) is 21.9 Å². The van der Waals surface area contributed by atoms with E-state index in [1.54, 1.807) is 36.4 Å². The number of hydrogen-bond donors (Lipinski definition) is 2. The van der Waals surface area contributed by atoms with E-state index < -0.39 is 11.0 Å². The number of nitrogens with zero attached hydrogens (tertiary/aromatic N) is 1. The Labute approximate surface area is 120 Å². The minimum atomic E-state index is -0.731. The minimum absolute atomic E-state index is 0.0930. The van der Waals surface area contributed by atoms with E-state index in [0.29, 0.717) is 16.9 Å². The first-order chi connectivity index (χ1) is 10.1. The van der Waals surface area contributed by atoms with Crippen LogP contribution in [0.1, 0.15) is 5.56 Å². The zero-order valence-electron chi connectivity index (χ0n) is 11.0. The lowest BCUT2D eigenvalue weighted by molar-refractivity contribution is -0.385. The predicted octanol–water partition coefficient (Wildman–Crippen LogP) is 2.93. The van der Waals surface area contributed by atoms with Crippen LogP contribution in [0.5, 0.6) is 0 Å². The third kappa shape index (κ3) is 3.69. The van der Waals surface area contributed by atoms with Gasteiger partial charge in [-0.25, -0.2) is 4.79 Å². The van der Waals surface area contributed by atoms with E-state index >= 15 is 0 Å². The van der Waals surface area contributed by atoms with Gasteiger partial charge in [0.05, 0.1) is 21.9 Å². The van der Waals surface area contributed by atoms with Crippen LogP contribution in [0.15, 0.2) is 48.5 Å². The quantitative estimate of drug-likeness (QED) is 0.510. The predicted molar refractivity (Wildman–Crippen MR) is 77.8 cm³/mol. The lowest BCUT2D eigenvalue weighted by Crippen LogP contribution is -2.15. The second-order valence-corrected chi connectivity index (χ2v) is 4.17. The maximum atomic E-state index is 11.7. The Morgan fingerprint density at radius 2 is 1.86 bits per heavy atom. The number of anilines is 2. The lowest BCUT2D eigenvalue weighted by atomic mass is 10.2. The molecule has 0 aliphatic carbocycles. The summed E-state index contributed by atoms with van der Waals surface area (Å²) < 4.78 is 4.97. The molecule has 0 fully saturated rings. The van der Waals surface area contributed by atoms with Gasteiger partial charge in [0.2, 0.25) is 0 Å². The fourth-order valence-electron chi connectivity index (χ4n) is 1.71. The van der Waals surface area contributed by atoms with Gasteiger partial charge in [0.15, 0.2) is 0 Å². The first kappa shape index (κ1) is 14.3. The normalized spacial score (nSPS) is 9.90. The van der Waals surface area contributed by atoms with E-state index in [9.17, 15) is 14.9 Å². The Morgan fingerprint density at radius 3 is 2.57 bits per heavy atom. The van der Waals surface area contributed by atoms with Crippen molar-refractivity contribution in [3.63, 3.8) is 0 Å². The van der Waals surface area contributed by atoms with E-state index in [-0.39, 0.29) is 12.3 Å². The number of nitro groups is 1. The van der Waals surface area contributed by atoms with Gasteiger partial charge in [-0.15, -0.1) is 0 Å². The fraction of sp³-hybridized carbons (Fsp3) is 0.0714. The second kappa shape index (κ2) is 6.38. The van der Waals surface area contributed by atoms with Crippen molar-refractivity contribution >= 4 is 23.2 Å². The molecule has 7 heteroatoms. The number of nitrogen functional groups attached to an aromatic ring is 1. The summed E-state index contributed by atoms with van der Waals surface area (Å²) in [5.74, 6) is 0. The number of nitrogens with two attached hydrogens (primary N) is 1. The average molecular weight is 287 g/mol. The number of nitro benzene ring substituents is 1. The largest absolute Gasteiger partial charge is 0.444 e. The zero-order chi connectivity index (χ0) is 15.2. The Bertz CT molecular complexity index is 673. The van der Waals surface area contributed by atoms with E-state index in [1.165, 1.54) is 12.1 Å². The van der Waals surface area contributed by atoms with E-state index in [0.717, 1.165) is 0 Å². The number of nitrogens with one attached hydrogen (secondary N) is 1. The lowest BCUT2D eigenvalue weighted by Gasteiger charge is -2.09. The Morgan fingerprint density at radius 1 is 1.19 bits per heavy atom. The number of para-hydroxylation sites is 3. The monoisotopic (exact) mass is 287 g/mol. The standard InChI is InChI=1S/C14H13N3O4/c15-11-6-2-3-7-12(11)16-14(18)21-9-10-5-1-4-8-13(10)17(19)20/h1-8H,9,15H2,(H,16,18). The number of rotatable bonds is 4. The van der Waals surface area contributed by atoms with Gasteiger partial charge in [0, 0.05) is 6.07 Å². The fourth-order valence-corrected chi connectivity index (χ4v) is 1.71. The summed E-state index contributed by atoms with van der Waals surface area (Å²) in [4.78, 5) is 22.0. The van der Waals surface area contributed by atoms with Crippen LogP contribution in [-0.2, 0) is 11.3 Å². The van der Waals surface area contributed by atoms with Crippen molar-refractivity contribution < 1.29 is 14.5 Å². The molecule has 0 unspecified atom stereocenters. The first-order valence-corrected chi connectivity index (χ1v) is 6.08. The molecule has 0 aliphatic rings. The SMILES string of the molecule is Nc1ccccc1NC(=O)OCc1ccccc1[N+](=O)[O-]. The Hall–Kier alpha value is -3.09. The highest BCUT2D eigenvalue weighted by molar-refractivity contribution is 5.88. The summed E-state index contributed by atoms with van der Waals surface area (Å²) in [5.41, 5.74) is 6.73. The first-order valence-electron chi connectivity index (χ1n) is 6.08. The van der Waals surface area contributed by atoms with Gasteiger partial charge in [-0.1, -0.05) is 24.3 Å². The van der Waals surface area contributed by atoms with Crippen LogP contribution in [0, 0.1) is 10.1 Å². The van der Waals surface area contributed by atoms with Crippen molar-refractivity contribution in [1.82, 2.24) is 0 Å². The van der Waals surface area contributed by atoms with Crippen molar-refractivity contribution in [3.05, 3.63) is 64.2 Å². The molecule has 0 heterocycles. The highest BCUT2D eigenvalue weighted by Crippen LogP contribution is 2.20. The van der Waals surface area contributed by atoms with Crippen molar-refractivity contribution in [1.29, 1.82) is 0 Å². The summed E-state index contributed by atoms with van der Waals surface area (Å²) in [6.45, 7) is -0.199. The zero-order valence-corrected chi connectivity index (χ0v) is 11.0. The van der Waals surface area contributed by atoms with Crippen LogP contribution < -0.4 is 11.1 Å². The molecule has 0 spiro atoms. The number of amides is 1. The van der Waals surface area contributed by atoms with Crippen molar-refractivity contribution in [2.45, 2.75) is 6.61 Å². The molecule has 0 aromatic heterocycles. The molecular weight excluding hydrogens is 274 g/mol. The van der Waals surface area contributed by atoms with Crippen LogP contribution in [0.25, 0.3) is 0 Å².